The van der Waals surface area contributed by atoms with Gasteiger partial charge in [-0.1, -0.05) is 13.8 Å². The lowest BCUT2D eigenvalue weighted by Gasteiger charge is -2.31. The Morgan fingerprint density at radius 1 is 1.31 bits per heavy atom. The number of rotatable bonds is 6. The number of nitrogens with one attached hydrogen (secondary N) is 2. The van der Waals surface area contributed by atoms with Crippen LogP contribution in [0.3, 0.4) is 0 Å². The summed E-state index contributed by atoms with van der Waals surface area (Å²) in [6.07, 6.45) is 3.48. The first kappa shape index (κ1) is 21.2. The molecule has 3 rings (SSSR count). The largest absolute Gasteiger partial charge is 0.369 e. The minimum atomic E-state index is -0.472. The fourth-order valence-corrected chi connectivity index (χ4v) is 4.29. The minimum absolute atomic E-state index is 0.0245. The van der Waals surface area contributed by atoms with E-state index in [-0.39, 0.29) is 28.6 Å². The Kier molecular flexibility index (Phi) is 6.21. The molecule has 1 saturated heterocycles. The Hall–Kier alpha value is -2.48. The second-order valence-corrected chi connectivity index (χ2v) is 9.00. The predicted molar refractivity (Wildman–Crippen MR) is 109 cm³/mol. The van der Waals surface area contributed by atoms with Crippen LogP contribution in [0.25, 0.3) is 0 Å². The predicted octanol–water partition coefficient (Wildman–Crippen LogP) is 0.847. The van der Waals surface area contributed by atoms with Gasteiger partial charge in [0.1, 0.15) is 5.56 Å². The highest BCUT2D eigenvalue weighted by molar-refractivity contribution is 6.02. The molecule has 2 aliphatic rings. The molecule has 8 nitrogen and oxygen atoms in total. The molecular weight excluding hydrogens is 372 g/mol. The minimum Gasteiger partial charge on any atom is -0.369 e. The van der Waals surface area contributed by atoms with Gasteiger partial charge in [-0.3, -0.25) is 19.2 Å². The zero-order valence-corrected chi connectivity index (χ0v) is 17.2. The molecule has 2 amide bonds. The molecule has 29 heavy (non-hydrogen) atoms. The molecule has 1 aromatic rings. The molecule has 1 aliphatic carbocycles. The lowest BCUT2D eigenvalue weighted by Crippen LogP contribution is -2.42. The standard InChI is InChI=1S/C21H30N4O4/c1-21(2)10-16-14(17(26)11-21)9-15(20(29)24-16)19(28)23-6-4-8-25-7-3-5-13(12-25)18(22)27/h9,13H,3-8,10-12H2,1-2H3,(H2,22,27)(H,23,28)(H,24,29). The van der Waals surface area contributed by atoms with Gasteiger partial charge in [-0.25, -0.2) is 0 Å². The van der Waals surface area contributed by atoms with E-state index >= 15 is 0 Å². The molecule has 158 valence electrons. The zero-order valence-electron chi connectivity index (χ0n) is 17.2. The highest BCUT2D eigenvalue weighted by Crippen LogP contribution is 2.33. The van der Waals surface area contributed by atoms with Gasteiger partial charge >= 0.3 is 0 Å². The number of aromatic amines is 1. The monoisotopic (exact) mass is 402 g/mol. The van der Waals surface area contributed by atoms with E-state index in [1.165, 1.54) is 6.07 Å². The molecule has 0 aromatic carbocycles. The van der Waals surface area contributed by atoms with E-state index in [0.717, 1.165) is 25.9 Å². The summed E-state index contributed by atoms with van der Waals surface area (Å²) in [5.41, 5.74) is 5.77. The normalized spacial score (nSPS) is 21.4. The van der Waals surface area contributed by atoms with E-state index in [0.29, 0.717) is 43.6 Å². The first-order valence-corrected chi connectivity index (χ1v) is 10.3. The number of pyridine rings is 1. The van der Waals surface area contributed by atoms with Crippen LogP contribution >= 0.6 is 0 Å². The van der Waals surface area contributed by atoms with Gasteiger partial charge in [-0.2, -0.15) is 0 Å². The van der Waals surface area contributed by atoms with Crippen molar-refractivity contribution in [3.8, 4) is 0 Å². The molecule has 1 unspecified atom stereocenters. The van der Waals surface area contributed by atoms with Crippen molar-refractivity contribution < 1.29 is 14.4 Å². The van der Waals surface area contributed by atoms with E-state index < -0.39 is 11.5 Å². The van der Waals surface area contributed by atoms with Crippen LogP contribution in [0.1, 0.15) is 65.9 Å². The number of likely N-dealkylation sites (tertiary alicyclic amines) is 1. The van der Waals surface area contributed by atoms with Crippen LogP contribution in [-0.2, 0) is 11.2 Å². The van der Waals surface area contributed by atoms with Crippen molar-refractivity contribution >= 4 is 17.6 Å². The van der Waals surface area contributed by atoms with Crippen LogP contribution in [0.4, 0.5) is 0 Å². The second-order valence-electron chi connectivity index (χ2n) is 9.00. The van der Waals surface area contributed by atoms with Crippen molar-refractivity contribution in [2.45, 2.75) is 46.0 Å². The molecular formula is C21H30N4O4. The average Bonchev–Trinajstić information content (AvgIpc) is 2.63. The number of carbonyl (C=O) groups excluding carboxylic acids is 3. The van der Waals surface area contributed by atoms with Gasteiger partial charge in [0.15, 0.2) is 5.78 Å². The second kappa shape index (κ2) is 8.49. The van der Waals surface area contributed by atoms with Crippen LogP contribution in [0, 0.1) is 11.3 Å². The maximum atomic E-state index is 12.5. The van der Waals surface area contributed by atoms with Gasteiger partial charge in [0, 0.05) is 30.8 Å². The van der Waals surface area contributed by atoms with Crippen molar-refractivity contribution in [3.05, 3.63) is 33.2 Å². The number of hydrogen-bond acceptors (Lipinski definition) is 5. The molecule has 0 bridgehead atoms. The molecule has 1 atom stereocenters. The summed E-state index contributed by atoms with van der Waals surface area (Å²) in [7, 11) is 0. The van der Waals surface area contributed by atoms with Crippen LogP contribution in [0.15, 0.2) is 10.9 Å². The first-order chi connectivity index (χ1) is 13.7. The zero-order chi connectivity index (χ0) is 21.2. The first-order valence-electron chi connectivity index (χ1n) is 10.3. The van der Waals surface area contributed by atoms with Gasteiger partial charge in [0.25, 0.3) is 11.5 Å². The molecule has 8 heteroatoms. The fraction of sp³-hybridized carbons (Fsp3) is 0.619. The molecule has 2 heterocycles. The summed E-state index contributed by atoms with van der Waals surface area (Å²) in [6.45, 7) is 6.71. The van der Waals surface area contributed by atoms with E-state index in [4.69, 9.17) is 5.73 Å². The number of fused-ring (bicyclic) bond motifs is 1. The summed E-state index contributed by atoms with van der Waals surface area (Å²) in [5, 5.41) is 2.76. The number of primary amides is 1. The van der Waals surface area contributed by atoms with Gasteiger partial charge in [0.2, 0.25) is 5.91 Å². The molecule has 1 fully saturated rings. The molecule has 0 saturated carbocycles. The number of amides is 2. The SMILES string of the molecule is CC1(C)CC(=O)c2cc(C(=O)NCCCN3CCCC(C(N)=O)C3)c(=O)[nH]c2C1. The third kappa shape index (κ3) is 5.12. The summed E-state index contributed by atoms with van der Waals surface area (Å²) in [6, 6.07) is 1.43. The van der Waals surface area contributed by atoms with Crippen LogP contribution < -0.4 is 16.6 Å². The number of Topliss-reactive ketones (excluding diaryl/α,β-unsaturated/α-hetero) is 1. The Bertz CT molecular complexity index is 874. The molecule has 4 N–H and O–H groups in total. The Morgan fingerprint density at radius 3 is 2.79 bits per heavy atom. The lowest BCUT2D eigenvalue weighted by atomic mass is 9.75. The number of H-pyrrole nitrogens is 1. The van der Waals surface area contributed by atoms with Crippen molar-refractivity contribution in [3.63, 3.8) is 0 Å². The van der Waals surface area contributed by atoms with E-state index in [1.807, 2.05) is 13.8 Å². The molecule has 1 aromatic heterocycles. The van der Waals surface area contributed by atoms with E-state index in [2.05, 4.69) is 15.2 Å². The Labute approximate surface area is 170 Å². The molecule has 1 aliphatic heterocycles. The number of carbonyl (C=O) groups is 3. The maximum absolute atomic E-state index is 12.5. The molecule has 0 radical (unpaired) electrons. The highest BCUT2D eigenvalue weighted by Gasteiger charge is 2.32. The quantitative estimate of drug-likeness (QED) is 0.608. The lowest BCUT2D eigenvalue weighted by molar-refractivity contribution is -0.123. The van der Waals surface area contributed by atoms with Crippen molar-refractivity contribution in [2.24, 2.45) is 17.1 Å². The van der Waals surface area contributed by atoms with Gasteiger partial charge < -0.3 is 20.9 Å². The van der Waals surface area contributed by atoms with E-state index in [1.54, 1.807) is 0 Å². The Morgan fingerprint density at radius 2 is 2.07 bits per heavy atom. The number of ketones is 1. The maximum Gasteiger partial charge on any atom is 0.261 e. The number of nitrogens with zero attached hydrogens (tertiary/aromatic N) is 1. The van der Waals surface area contributed by atoms with Gasteiger partial charge in [0.05, 0.1) is 5.92 Å². The Balaban J connectivity index is 1.55. The van der Waals surface area contributed by atoms with E-state index in [9.17, 15) is 19.2 Å². The summed E-state index contributed by atoms with van der Waals surface area (Å²) in [5.74, 6) is -0.876. The average molecular weight is 402 g/mol. The summed E-state index contributed by atoms with van der Waals surface area (Å²) < 4.78 is 0. The summed E-state index contributed by atoms with van der Waals surface area (Å²) >= 11 is 0. The van der Waals surface area contributed by atoms with Crippen LogP contribution in [0.5, 0.6) is 0 Å². The van der Waals surface area contributed by atoms with Crippen LogP contribution in [-0.4, -0.2) is 53.7 Å². The fourth-order valence-electron chi connectivity index (χ4n) is 4.29. The third-order valence-corrected chi connectivity index (χ3v) is 5.81. The van der Waals surface area contributed by atoms with Gasteiger partial charge in [-0.05, 0) is 50.3 Å². The van der Waals surface area contributed by atoms with Gasteiger partial charge in [-0.15, -0.1) is 0 Å². The summed E-state index contributed by atoms with van der Waals surface area (Å²) in [4.78, 5) is 53.5. The topological polar surface area (TPSA) is 125 Å². The number of nitrogens with two attached hydrogens (primary N) is 1. The highest BCUT2D eigenvalue weighted by atomic mass is 16.2. The van der Waals surface area contributed by atoms with Crippen LogP contribution in [0.2, 0.25) is 0 Å². The number of aromatic nitrogens is 1. The number of piperidine rings is 1. The van der Waals surface area contributed by atoms with Crippen molar-refractivity contribution in [1.82, 2.24) is 15.2 Å². The smallest absolute Gasteiger partial charge is 0.261 e. The third-order valence-electron chi connectivity index (χ3n) is 5.81. The van der Waals surface area contributed by atoms with Crippen molar-refractivity contribution in [2.75, 3.05) is 26.2 Å². The van der Waals surface area contributed by atoms with Crippen molar-refractivity contribution in [1.29, 1.82) is 0 Å². The number of hydrogen-bond donors (Lipinski definition) is 3. The molecule has 0 spiro atoms.